The maximum atomic E-state index is 13.1. The quantitative estimate of drug-likeness (QED) is 0.487. The van der Waals surface area contributed by atoms with E-state index < -0.39 is 10.0 Å². The fourth-order valence-electron chi connectivity index (χ4n) is 4.18. The predicted octanol–water partition coefficient (Wildman–Crippen LogP) is 4.06. The monoisotopic (exact) mass is 460 g/mol. The Labute approximate surface area is 192 Å². The minimum Gasteiger partial charge on any atom is -0.309 e. The van der Waals surface area contributed by atoms with Crippen LogP contribution in [-0.2, 0) is 14.8 Å². The normalized spacial score (nSPS) is 15.5. The number of hydrogen-bond donors (Lipinski definition) is 1. The maximum absolute atomic E-state index is 13.1. The molecule has 1 saturated heterocycles. The Kier molecular flexibility index (Phi) is 5.70. The van der Waals surface area contributed by atoms with Crippen LogP contribution in [0.4, 0.5) is 5.82 Å². The highest BCUT2D eigenvalue weighted by Crippen LogP contribution is 2.27. The van der Waals surface area contributed by atoms with Crippen molar-refractivity contribution in [3.05, 3.63) is 85.1 Å². The highest BCUT2D eigenvalue weighted by Gasteiger charge is 2.32. The number of sulfonamides is 1. The van der Waals surface area contributed by atoms with Gasteiger partial charge < -0.3 is 5.32 Å². The molecule has 1 N–H and O–H groups in total. The molecule has 1 aliphatic heterocycles. The smallest absolute Gasteiger partial charge is 0.243 e. The Morgan fingerprint density at radius 2 is 1.58 bits per heavy atom. The van der Waals surface area contributed by atoms with Crippen LogP contribution in [0.2, 0.25) is 0 Å². The van der Waals surface area contributed by atoms with Crippen LogP contribution in [0.25, 0.3) is 16.5 Å². The number of para-hydroxylation sites is 1. The number of nitrogens with one attached hydrogen (secondary N) is 1. The first-order chi connectivity index (χ1) is 16.0. The van der Waals surface area contributed by atoms with Gasteiger partial charge in [0.1, 0.15) is 0 Å². The Hall–Kier alpha value is -3.49. The number of piperidine rings is 1. The molecule has 5 rings (SSSR count). The van der Waals surface area contributed by atoms with E-state index in [1.807, 2.05) is 60.7 Å². The van der Waals surface area contributed by atoms with Gasteiger partial charge in [-0.2, -0.15) is 9.40 Å². The van der Waals surface area contributed by atoms with Crippen LogP contribution in [0, 0.1) is 5.92 Å². The molecule has 0 spiro atoms. The predicted molar refractivity (Wildman–Crippen MR) is 128 cm³/mol. The maximum Gasteiger partial charge on any atom is 0.243 e. The van der Waals surface area contributed by atoms with Crippen LogP contribution in [-0.4, -0.2) is 41.5 Å². The number of amides is 1. The average molecular weight is 461 g/mol. The molecule has 7 nitrogen and oxygen atoms in total. The first-order valence-electron chi connectivity index (χ1n) is 10.9. The van der Waals surface area contributed by atoms with Crippen molar-refractivity contribution in [2.24, 2.45) is 5.92 Å². The third-order valence-electron chi connectivity index (χ3n) is 6.04. The highest BCUT2D eigenvalue weighted by molar-refractivity contribution is 7.89. The molecule has 0 unspecified atom stereocenters. The second-order valence-corrected chi connectivity index (χ2v) is 10.1. The first-order valence-corrected chi connectivity index (χ1v) is 12.4. The van der Waals surface area contributed by atoms with Gasteiger partial charge in [0.2, 0.25) is 15.9 Å². The summed E-state index contributed by atoms with van der Waals surface area (Å²) in [5.41, 5.74) is 0.908. The third kappa shape index (κ3) is 4.40. The lowest BCUT2D eigenvalue weighted by molar-refractivity contribution is -0.120. The molecule has 0 bridgehead atoms. The van der Waals surface area contributed by atoms with Crippen LogP contribution in [0.3, 0.4) is 0 Å². The molecule has 3 aromatic carbocycles. The van der Waals surface area contributed by atoms with Crippen LogP contribution in [0.5, 0.6) is 0 Å². The van der Waals surface area contributed by atoms with Gasteiger partial charge in [0.15, 0.2) is 5.82 Å². The fraction of sp³-hybridized carbons (Fsp3) is 0.200. The van der Waals surface area contributed by atoms with Crippen molar-refractivity contribution >= 4 is 32.5 Å². The van der Waals surface area contributed by atoms with Gasteiger partial charge in [-0.1, -0.05) is 48.5 Å². The first kappa shape index (κ1) is 21.4. The van der Waals surface area contributed by atoms with E-state index in [9.17, 15) is 13.2 Å². The molecule has 0 radical (unpaired) electrons. The van der Waals surface area contributed by atoms with E-state index >= 15 is 0 Å². The molecule has 0 saturated carbocycles. The minimum absolute atomic E-state index is 0.129. The van der Waals surface area contributed by atoms with Gasteiger partial charge in [-0.05, 0) is 47.9 Å². The number of aromatic nitrogens is 2. The molecule has 168 valence electrons. The molecule has 2 heterocycles. The number of hydrogen-bond acceptors (Lipinski definition) is 4. The summed E-state index contributed by atoms with van der Waals surface area (Å²) in [6.07, 6.45) is 2.74. The highest BCUT2D eigenvalue weighted by atomic mass is 32.2. The Bertz CT molecular complexity index is 1390. The van der Waals surface area contributed by atoms with Gasteiger partial charge in [0, 0.05) is 31.3 Å². The molecule has 1 fully saturated rings. The van der Waals surface area contributed by atoms with E-state index in [-0.39, 0.29) is 16.7 Å². The molecular formula is C25H24N4O3S. The van der Waals surface area contributed by atoms with Gasteiger partial charge in [-0.25, -0.2) is 13.1 Å². The van der Waals surface area contributed by atoms with E-state index in [0.717, 1.165) is 16.5 Å². The fourth-order valence-corrected chi connectivity index (χ4v) is 5.68. The van der Waals surface area contributed by atoms with Gasteiger partial charge in [-0.3, -0.25) is 4.79 Å². The van der Waals surface area contributed by atoms with Gasteiger partial charge in [-0.15, -0.1) is 0 Å². The summed E-state index contributed by atoms with van der Waals surface area (Å²) in [4.78, 5) is 13.0. The van der Waals surface area contributed by atoms with Crippen LogP contribution < -0.4 is 5.32 Å². The lowest BCUT2D eigenvalue weighted by atomic mass is 9.97. The van der Waals surface area contributed by atoms with Crippen LogP contribution >= 0.6 is 0 Å². The van der Waals surface area contributed by atoms with E-state index in [1.54, 1.807) is 29.1 Å². The summed E-state index contributed by atoms with van der Waals surface area (Å²) in [6, 6.07) is 24.3. The summed E-state index contributed by atoms with van der Waals surface area (Å²) in [5, 5.41) is 9.17. The van der Waals surface area contributed by atoms with Crippen molar-refractivity contribution < 1.29 is 13.2 Å². The number of nitrogens with zero attached hydrogens (tertiary/aromatic N) is 3. The van der Waals surface area contributed by atoms with Gasteiger partial charge >= 0.3 is 0 Å². The number of fused-ring (bicyclic) bond motifs is 1. The van der Waals surface area contributed by atoms with E-state index in [1.165, 1.54) is 4.31 Å². The zero-order chi connectivity index (χ0) is 22.8. The summed E-state index contributed by atoms with van der Waals surface area (Å²) in [5.74, 6) is 0.0982. The number of anilines is 1. The van der Waals surface area contributed by atoms with Crippen molar-refractivity contribution in [3.63, 3.8) is 0 Å². The largest absolute Gasteiger partial charge is 0.309 e. The number of carbonyl (C=O) groups excluding carboxylic acids is 1. The Morgan fingerprint density at radius 1 is 0.879 bits per heavy atom. The average Bonchev–Trinajstić information content (AvgIpc) is 3.33. The molecule has 0 atom stereocenters. The summed E-state index contributed by atoms with van der Waals surface area (Å²) in [7, 11) is -3.60. The molecule has 0 aliphatic carbocycles. The van der Waals surface area contributed by atoms with Crippen molar-refractivity contribution in [3.8, 4) is 5.69 Å². The minimum atomic E-state index is -3.60. The van der Waals surface area contributed by atoms with Gasteiger partial charge in [0.05, 0.1) is 10.6 Å². The van der Waals surface area contributed by atoms with E-state index in [0.29, 0.717) is 31.7 Å². The second-order valence-electron chi connectivity index (χ2n) is 8.16. The lowest BCUT2D eigenvalue weighted by Crippen LogP contribution is -2.41. The summed E-state index contributed by atoms with van der Waals surface area (Å²) in [6.45, 7) is 0.622. The molecule has 1 aromatic heterocycles. The second kappa shape index (κ2) is 8.80. The zero-order valence-corrected chi connectivity index (χ0v) is 18.8. The number of carbonyl (C=O) groups is 1. The lowest BCUT2D eigenvalue weighted by Gasteiger charge is -2.30. The van der Waals surface area contributed by atoms with E-state index in [4.69, 9.17) is 0 Å². The summed E-state index contributed by atoms with van der Waals surface area (Å²) < 4.78 is 29.5. The van der Waals surface area contributed by atoms with Crippen molar-refractivity contribution in [2.45, 2.75) is 17.7 Å². The number of rotatable bonds is 5. The topological polar surface area (TPSA) is 84.3 Å². The molecular weight excluding hydrogens is 436 g/mol. The Morgan fingerprint density at radius 3 is 2.33 bits per heavy atom. The molecule has 1 aliphatic rings. The summed E-state index contributed by atoms with van der Waals surface area (Å²) >= 11 is 0. The standard InChI is InChI=1S/C25H24N4O3S/c30-25(26-24-14-17-29(27-24)22-8-2-1-3-9-22)20-12-15-28(16-13-20)33(31,32)23-11-10-19-6-4-5-7-21(19)18-23/h1-11,14,17-18,20H,12-13,15-16H2,(H,26,27,30). The van der Waals surface area contributed by atoms with Crippen LogP contribution in [0.15, 0.2) is 90.0 Å². The third-order valence-corrected chi connectivity index (χ3v) is 7.94. The zero-order valence-electron chi connectivity index (χ0n) is 18.0. The van der Waals surface area contributed by atoms with Crippen molar-refractivity contribution in [2.75, 3.05) is 18.4 Å². The van der Waals surface area contributed by atoms with Crippen molar-refractivity contribution in [1.82, 2.24) is 14.1 Å². The van der Waals surface area contributed by atoms with E-state index in [2.05, 4.69) is 10.4 Å². The Balaban J connectivity index is 1.22. The van der Waals surface area contributed by atoms with Crippen LogP contribution in [0.1, 0.15) is 12.8 Å². The molecule has 33 heavy (non-hydrogen) atoms. The molecule has 8 heteroatoms. The van der Waals surface area contributed by atoms with Gasteiger partial charge in [0.25, 0.3) is 0 Å². The van der Waals surface area contributed by atoms with Crippen molar-refractivity contribution in [1.29, 1.82) is 0 Å². The SMILES string of the molecule is O=C(Nc1ccn(-c2ccccc2)n1)C1CCN(S(=O)(=O)c2ccc3ccccc3c2)CC1. The molecule has 1 amide bonds. The number of benzene rings is 3. The molecule has 4 aromatic rings.